The van der Waals surface area contributed by atoms with E-state index in [1.165, 1.54) is 0 Å². The predicted molar refractivity (Wildman–Crippen MR) is 54.7 cm³/mol. The van der Waals surface area contributed by atoms with Gasteiger partial charge in [0.1, 0.15) is 5.82 Å². The van der Waals surface area contributed by atoms with Gasteiger partial charge in [0.2, 0.25) is 0 Å². The Bertz CT molecular complexity index is 433. The summed E-state index contributed by atoms with van der Waals surface area (Å²) in [5.41, 5.74) is 7.52. The molecule has 2 rings (SSSR count). The molecular weight excluding hydrogens is 176 g/mol. The van der Waals surface area contributed by atoms with Crippen LogP contribution in [0.4, 0.5) is 5.82 Å². The number of rotatable bonds is 2. The number of nitrogen functional groups attached to an aromatic ring is 1. The third-order valence-corrected chi connectivity index (χ3v) is 1.93. The van der Waals surface area contributed by atoms with Gasteiger partial charge in [-0.05, 0) is 25.1 Å². The Morgan fingerprint density at radius 2 is 2.21 bits per heavy atom. The van der Waals surface area contributed by atoms with E-state index < -0.39 is 0 Å². The summed E-state index contributed by atoms with van der Waals surface area (Å²) in [4.78, 5) is 4.38. The zero-order chi connectivity index (χ0) is 9.97. The van der Waals surface area contributed by atoms with Crippen LogP contribution in [0.5, 0.6) is 0 Å². The molecule has 0 spiro atoms. The van der Waals surface area contributed by atoms with E-state index in [1.54, 1.807) is 10.7 Å². The number of anilines is 1. The van der Waals surface area contributed by atoms with E-state index in [2.05, 4.69) is 10.1 Å². The van der Waals surface area contributed by atoms with E-state index in [9.17, 15) is 0 Å². The van der Waals surface area contributed by atoms with E-state index in [0.29, 0.717) is 12.4 Å². The standard InChI is InChI=1S/C10H12N4/c1-8-3-2-4-9(12-8)7-14-6-5-10(11)13-14/h2-6H,7H2,1H3,(H2,11,13). The third kappa shape index (κ3) is 1.90. The summed E-state index contributed by atoms with van der Waals surface area (Å²) in [6, 6.07) is 7.71. The number of nitrogens with two attached hydrogens (primary N) is 1. The maximum Gasteiger partial charge on any atom is 0.145 e. The van der Waals surface area contributed by atoms with Crippen molar-refractivity contribution in [3.63, 3.8) is 0 Å². The van der Waals surface area contributed by atoms with Crippen molar-refractivity contribution in [3.8, 4) is 0 Å². The van der Waals surface area contributed by atoms with Crippen molar-refractivity contribution in [2.24, 2.45) is 0 Å². The average molecular weight is 188 g/mol. The first-order valence-electron chi connectivity index (χ1n) is 4.45. The predicted octanol–water partition coefficient (Wildman–Crippen LogP) is 1.22. The van der Waals surface area contributed by atoms with Crippen LogP contribution in [-0.4, -0.2) is 14.8 Å². The van der Waals surface area contributed by atoms with Crippen LogP contribution in [0.15, 0.2) is 30.5 Å². The maximum atomic E-state index is 5.51. The molecule has 4 nitrogen and oxygen atoms in total. The number of hydrogen-bond donors (Lipinski definition) is 1. The monoisotopic (exact) mass is 188 g/mol. The highest BCUT2D eigenvalue weighted by Gasteiger charge is 1.98. The molecule has 0 aromatic carbocycles. The second-order valence-corrected chi connectivity index (χ2v) is 3.21. The minimum atomic E-state index is 0.539. The van der Waals surface area contributed by atoms with Gasteiger partial charge in [0.25, 0.3) is 0 Å². The molecule has 0 aliphatic heterocycles. The summed E-state index contributed by atoms with van der Waals surface area (Å²) in [5.74, 6) is 0.539. The smallest absolute Gasteiger partial charge is 0.145 e. The van der Waals surface area contributed by atoms with E-state index in [0.717, 1.165) is 11.4 Å². The topological polar surface area (TPSA) is 56.7 Å². The minimum Gasteiger partial charge on any atom is -0.382 e. The van der Waals surface area contributed by atoms with Crippen LogP contribution >= 0.6 is 0 Å². The zero-order valence-electron chi connectivity index (χ0n) is 8.01. The molecule has 0 bridgehead atoms. The number of pyridine rings is 1. The fourth-order valence-electron chi connectivity index (χ4n) is 1.32. The molecule has 0 atom stereocenters. The summed E-state index contributed by atoms with van der Waals surface area (Å²) in [7, 11) is 0. The van der Waals surface area contributed by atoms with Crippen LogP contribution < -0.4 is 5.73 Å². The Hall–Kier alpha value is -1.84. The van der Waals surface area contributed by atoms with Crippen LogP contribution in [0, 0.1) is 6.92 Å². The molecule has 0 unspecified atom stereocenters. The molecule has 72 valence electrons. The van der Waals surface area contributed by atoms with Crippen molar-refractivity contribution < 1.29 is 0 Å². The van der Waals surface area contributed by atoms with Gasteiger partial charge in [-0.1, -0.05) is 6.07 Å². The Labute approximate surface area is 82.4 Å². The van der Waals surface area contributed by atoms with Crippen molar-refractivity contribution in [2.75, 3.05) is 5.73 Å². The fourth-order valence-corrected chi connectivity index (χ4v) is 1.32. The van der Waals surface area contributed by atoms with Crippen molar-refractivity contribution in [2.45, 2.75) is 13.5 Å². The van der Waals surface area contributed by atoms with Crippen LogP contribution in [0.25, 0.3) is 0 Å². The highest BCUT2D eigenvalue weighted by molar-refractivity contribution is 5.24. The second-order valence-electron chi connectivity index (χ2n) is 3.21. The van der Waals surface area contributed by atoms with E-state index >= 15 is 0 Å². The van der Waals surface area contributed by atoms with Gasteiger partial charge in [-0.3, -0.25) is 9.67 Å². The number of aryl methyl sites for hydroxylation is 1. The zero-order valence-corrected chi connectivity index (χ0v) is 8.01. The summed E-state index contributed by atoms with van der Waals surface area (Å²) in [5, 5.41) is 4.09. The lowest BCUT2D eigenvalue weighted by Gasteiger charge is -2.01. The van der Waals surface area contributed by atoms with Gasteiger partial charge in [-0.2, -0.15) is 5.10 Å². The van der Waals surface area contributed by atoms with Crippen molar-refractivity contribution >= 4 is 5.82 Å². The van der Waals surface area contributed by atoms with E-state index in [-0.39, 0.29) is 0 Å². The molecular formula is C10H12N4. The van der Waals surface area contributed by atoms with Crippen LogP contribution in [0.1, 0.15) is 11.4 Å². The van der Waals surface area contributed by atoms with Gasteiger partial charge in [-0.25, -0.2) is 0 Å². The molecule has 2 aromatic rings. The van der Waals surface area contributed by atoms with Crippen molar-refractivity contribution in [3.05, 3.63) is 41.9 Å². The lowest BCUT2D eigenvalue weighted by Crippen LogP contribution is -2.03. The molecule has 4 heteroatoms. The molecule has 0 aliphatic rings. The van der Waals surface area contributed by atoms with E-state index in [4.69, 9.17) is 5.73 Å². The maximum absolute atomic E-state index is 5.51. The molecule has 14 heavy (non-hydrogen) atoms. The normalized spacial score (nSPS) is 10.4. The van der Waals surface area contributed by atoms with Gasteiger partial charge in [0, 0.05) is 11.9 Å². The molecule has 0 fully saturated rings. The summed E-state index contributed by atoms with van der Waals surface area (Å²) >= 11 is 0. The molecule has 0 radical (unpaired) electrons. The molecule has 0 saturated carbocycles. The Balaban J connectivity index is 2.18. The number of aromatic nitrogens is 3. The Morgan fingerprint density at radius 1 is 1.36 bits per heavy atom. The number of nitrogens with zero attached hydrogens (tertiary/aromatic N) is 3. The summed E-state index contributed by atoms with van der Waals surface area (Å²) in [6.45, 7) is 2.64. The molecule has 2 aromatic heterocycles. The van der Waals surface area contributed by atoms with Crippen LogP contribution in [0.2, 0.25) is 0 Å². The van der Waals surface area contributed by atoms with Gasteiger partial charge >= 0.3 is 0 Å². The first kappa shape index (κ1) is 8.74. The molecule has 2 N–H and O–H groups in total. The quantitative estimate of drug-likeness (QED) is 0.770. The van der Waals surface area contributed by atoms with Gasteiger partial charge in [0.15, 0.2) is 0 Å². The van der Waals surface area contributed by atoms with Crippen LogP contribution in [-0.2, 0) is 6.54 Å². The fraction of sp³-hybridized carbons (Fsp3) is 0.200. The van der Waals surface area contributed by atoms with E-state index in [1.807, 2.05) is 31.3 Å². The average Bonchev–Trinajstić information content (AvgIpc) is 2.51. The molecule has 0 aliphatic carbocycles. The lowest BCUT2D eigenvalue weighted by atomic mass is 10.3. The second kappa shape index (κ2) is 3.49. The Kier molecular flexibility index (Phi) is 2.18. The van der Waals surface area contributed by atoms with Crippen molar-refractivity contribution in [1.29, 1.82) is 0 Å². The molecule has 0 amide bonds. The Morgan fingerprint density at radius 3 is 2.86 bits per heavy atom. The van der Waals surface area contributed by atoms with Gasteiger partial charge < -0.3 is 5.73 Å². The highest BCUT2D eigenvalue weighted by atomic mass is 15.3. The lowest BCUT2D eigenvalue weighted by molar-refractivity contribution is 0.674. The SMILES string of the molecule is Cc1cccc(Cn2ccc(N)n2)n1. The number of hydrogen-bond acceptors (Lipinski definition) is 3. The van der Waals surface area contributed by atoms with Gasteiger partial charge in [-0.15, -0.1) is 0 Å². The third-order valence-electron chi connectivity index (χ3n) is 1.93. The molecule has 0 saturated heterocycles. The first-order chi connectivity index (χ1) is 6.74. The molecule has 2 heterocycles. The largest absolute Gasteiger partial charge is 0.382 e. The minimum absolute atomic E-state index is 0.539. The highest BCUT2D eigenvalue weighted by Crippen LogP contribution is 2.02. The summed E-state index contributed by atoms with van der Waals surface area (Å²) in [6.07, 6.45) is 1.85. The summed E-state index contributed by atoms with van der Waals surface area (Å²) < 4.78 is 1.77. The van der Waals surface area contributed by atoms with Gasteiger partial charge in [0.05, 0.1) is 12.2 Å². The van der Waals surface area contributed by atoms with Crippen LogP contribution in [0.3, 0.4) is 0 Å². The van der Waals surface area contributed by atoms with Crippen molar-refractivity contribution in [1.82, 2.24) is 14.8 Å². The first-order valence-corrected chi connectivity index (χ1v) is 4.45.